The van der Waals surface area contributed by atoms with Crippen LogP contribution in [0.1, 0.15) is 52.0 Å². The Morgan fingerprint density at radius 3 is 2.40 bits per heavy atom. The summed E-state index contributed by atoms with van der Waals surface area (Å²) in [5.41, 5.74) is 9.17. The largest absolute Gasteiger partial charge is 0.492 e. The molecular formula is C26H23BO3. The lowest BCUT2D eigenvalue weighted by Crippen LogP contribution is -2.32. The van der Waals surface area contributed by atoms with Crippen LogP contribution in [0.15, 0.2) is 30.3 Å². The van der Waals surface area contributed by atoms with Gasteiger partial charge >= 0.3 is 0 Å². The molecule has 5 rings (SSSR count). The lowest BCUT2D eigenvalue weighted by Gasteiger charge is -2.33. The molecule has 1 aliphatic carbocycles. The predicted octanol–water partition coefficient (Wildman–Crippen LogP) is 5.61. The van der Waals surface area contributed by atoms with Gasteiger partial charge < -0.3 is 9.47 Å². The Morgan fingerprint density at radius 1 is 1.03 bits per heavy atom. The number of rotatable bonds is 2. The topological polar surface area (TPSA) is 35.5 Å². The van der Waals surface area contributed by atoms with E-state index in [1.54, 1.807) is 0 Å². The predicted molar refractivity (Wildman–Crippen MR) is 121 cm³/mol. The molecule has 0 N–H and O–H groups in total. The Hall–Kier alpha value is -3.01. The maximum Gasteiger partial charge on any atom is 0.294 e. The number of hydrogen-bond donors (Lipinski definition) is 0. The molecule has 0 amide bonds. The zero-order valence-electron chi connectivity index (χ0n) is 17.9. The molecule has 0 spiro atoms. The fourth-order valence-electron chi connectivity index (χ4n) is 5.07. The summed E-state index contributed by atoms with van der Waals surface area (Å²) in [6, 6.07) is 8.16. The summed E-state index contributed by atoms with van der Waals surface area (Å²) in [4.78, 5) is 11.4. The number of aryl methyl sites for hydroxylation is 2. The van der Waals surface area contributed by atoms with Gasteiger partial charge in [0.1, 0.15) is 13.6 Å². The van der Waals surface area contributed by atoms with Crippen molar-refractivity contribution in [1.29, 1.82) is 0 Å². The third-order valence-corrected chi connectivity index (χ3v) is 6.84. The minimum Gasteiger partial charge on any atom is -0.492 e. The SMILES string of the molecule is [B]C1(C)C=Cc2c3c(c4c(C)c(C)c(C)c(C)c4c2O1)-c1ccccc1C3OC=O. The van der Waals surface area contributed by atoms with Gasteiger partial charge in [-0.1, -0.05) is 36.4 Å². The van der Waals surface area contributed by atoms with E-state index in [2.05, 4.69) is 33.8 Å². The number of ether oxygens (including phenoxy) is 2. The van der Waals surface area contributed by atoms with Gasteiger partial charge in [-0.05, 0) is 73.4 Å². The van der Waals surface area contributed by atoms with Crippen molar-refractivity contribution in [3.63, 3.8) is 0 Å². The first-order valence-corrected chi connectivity index (χ1v) is 10.2. The van der Waals surface area contributed by atoms with E-state index in [0.717, 1.165) is 44.3 Å². The van der Waals surface area contributed by atoms with E-state index in [-0.39, 0.29) is 0 Å². The van der Waals surface area contributed by atoms with Gasteiger partial charge in [0.15, 0.2) is 6.10 Å². The molecule has 0 fully saturated rings. The van der Waals surface area contributed by atoms with Crippen molar-refractivity contribution in [2.24, 2.45) is 0 Å². The molecule has 30 heavy (non-hydrogen) atoms. The maximum absolute atomic E-state index is 11.4. The van der Waals surface area contributed by atoms with Crippen LogP contribution in [0, 0.1) is 27.7 Å². The van der Waals surface area contributed by atoms with E-state index < -0.39 is 11.6 Å². The van der Waals surface area contributed by atoms with Crippen molar-refractivity contribution in [2.75, 3.05) is 0 Å². The van der Waals surface area contributed by atoms with Gasteiger partial charge in [0.25, 0.3) is 6.47 Å². The average Bonchev–Trinajstić information content (AvgIpc) is 3.04. The Bertz CT molecular complexity index is 1280. The first-order valence-electron chi connectivity index (χ1n) is 10.2. The van der Waals surface area contributed by atoms with Crippen molar-refractivity contribution in [1.82, 2.24) is 0 Å². The van der Waals surface area contributed by atoms with Crippen LogP contribution in [-0.2, 0) is 9.53 Å². The van der Waals surface area contributed by atoms with Crippen LogP contribution in [0.4, 0.5) is 0 Å². The summed E-state index contributed by atoms with van der Waals surface area (Å²) < 4.78 is 12.0. The van der Waals surface area contributed by atoms with Crippen molar-refractivity contribution in [2.45, 2.75) is 46.2 Å². The summed E-state index contributed by atoms with van der Waals surface area (Å²) in [5.74, 6) is 0.771. The van der Waals surface area contributed by atoms with E-state index in [1.165, 1.54) is 22.3 Å². The zero-order valence-corrected chi connectivity index (χ0v) is 17.9. The van der Waals surface area contributed by atoms with Crippen LogP contribution in [0.3, 0.4) is 0 Å². The van der Waals surface area contributed by atoms with E-state index >= 15 is 0 Å². The van der Waals surface area contributed by atoms with Crippen molar-refractivity contribution in [3.05, 3.63) is 69.3 Å². The van der Waals surface area contributed by atoms with Crippen LogP contribution < -0.4 is 4.74 Å². The van der Waals surface area contributed by atoms with Gasteiger partial charge in [-0.15, -0.1) is 0 Å². The Kier molecular flexibility index (Phi) is 3.95. The van der Waals surface area contributed by atoms with Crippen molar-refractivity contribution in [3.8, 4) is 16.9 Å². The molecule has 0 bridgehead atoms. The molecule has 0 aromatic heterocycles. The summed E-state index contributed by atoms with van der Waals surface area (Å²) >= 11 is 0. The van der Waals surface area contributed by atoms with E-state index in [4.69, 9.17) is 17.3 Å². The third-order valence-electron chi connectivity index (χ3n) is 6.84. The number of carbonyl (C=O) groups excluding carboxylic acids is 1. The van der Waals surface area contributed by atoms with Gasteiger partial charge in [0.05, 0.1) is 5.50 Å². The number of fused-ring (bicyclic) bond motifs is 8. The summed E-state index contributed by atoms with van der Waals surface area (Å²) in [5, 5.41) is 2.24. The highest BCUT2D eigenvalue weighted by atomic mass is 16.5. The van der Waals surface area contributed by atoms with Crippen molar-refractivity contribution < 1.29 is 14.3 Å². The molecule has 0 saturated carbocycles. The molecule has 2 aliphatic rings. The smallest absolute Gasteiger partial charge is 0.294 e. The molecule has 3 nitrogen and oxygen atoms in total. The first kappa shape index (κ1) is 19.0. The van der Waals surface area contributed by atoms with E-state index in [1.807, 2.05) is 37.3 Å². The van der Waals surface area contributed by atoms with Gasteiger partial charge in [0, 0.05) is 22.1 Å². The minimum absolute atomic E-state index is 0.469. The summed E-state index contributed by atoms with van der Waals surface area (Å²) in [6.07, 6.45) is 3.42. The zero-order chi connectivity index (χ0) is 21.4. The van der Waals surface area contributed by atoms with E-state index in [9.17, 15) is 4.79 Å². The van der Waals surface area contributed by atoms with Gasteiger partial charge in [-0.2, -0.15) is 0 Å². The van der Waals surface area contributed by atoms with Crippen LogP contribution in [0.25, 0.3) is 28.0 Å². The third kappa shape index (κ3) is 2.37. The average molecular weight is 394 g/mol. The fourth-order valence-corrected chi connectivity index (χ4v) is 5.07. The maximum atomic E-state index is 11.4. The lowest BCUT2D eigenvalue weighted by atomic mass is 9.78. The highest BCUT2D eigenvalue weighted by Gasteiger charge is 2.38. The fraction of sp³-hybridized carbons (Fsp3) is 0.269. The number of benzene rings is 3. The molecule has 1 aliphatic heterocycles. The van der Waals surface area contributed by atoms with Crippen LogP contribution in [-0.4, -0.2) is 19.8 Å². The monoisotopic (exact) mass is 394 g/mol. The standard InChI is InChI=1S/C26H23BO3/c1-13-14(2)16(4)21-20(15(13)3)22-17-8-6-7-9-18(17)24(29-12-28)23(22)19-10-11-26(5,27)30-25(19)21/h6-12,24H,1-5H3. The highest BCUT2D eigenvalue weighted by molar-refractivity contribution is 6.18. The number of carbonyl (C=O) groups is 1. The second kappa shape index (κ2) is 6.25. The molecule has 2 radical (unpaired) electrons. The first-order chi connectivity index (χ1) is 14.3. The molecule has 4 heteroatoms. The molecule has 2 atom stereocenters. The molecule has 148 valence electrons. The van der Waals surface area contributed by atoms with Crippen molar-refractivity contribution >= 4 is 31.2 Å². The minimum atomic E-state index is -0.903. The Morgan fingerprint density at radius 2 is 1.70 bits per heavy atom. The van der Waals surface area contributed by atoms with Crippen LogP contribution >= 0.6 is 0 Å². The molecule has 2 unspecified atom stereocenters. The summed E-state index contributed by atoms with van der Waals surface area (Å²) in [7, 11) is 6.37. The summed E-state index contributed by atoms with van der Waals surface area (Å²) in [6.45, 7) is 11.0. The van der Waals surface area contributed by atoms with Gasteiger partial charge in [-0.3, -0.25) is 4.79 Å². The van der Waals surface area contributed by atoms with Gasteiger partial charge in [-0.25, -0.2) is 0 Å². The van der Waals surface area contributed by atoms with Gasteiger partial charge in [0.2, 0.25) is 0 Å². The molecule has 1 heterocycles. The van der Waals surface area contributed by atoms with Crippen LogP contribution in [0.5, 0.6) is 5.75 Å². The molecule has 0 saturated heterocycles. The quantitative estimate of drug-likeness (QED) is 0.419. The Labute approximate surface area is 178 Å². The number of hydrogen-bond acceptors (Lipinski definition) is 3. The second-order valence-corrected chi connectivity index (χ2v) is 8.60. The second-order valence-electron chi connectivity index (χ2n) is 8.60. The molecular weight excluding hydrogens is 371 g/mol. The highest BCUT2D eigenvalue weighted by Crippen LogP contribution is 2.56. The molecule has 3 aromatic carbocycles. The molecule has 3 aromatic rings. The van der Waals surface area contributed by atoms with E-state index in [0.29, 0.717) is 6.47 Å². The van der Waals surface area contributed by atoms with Crippen LogP contribution in [0.2, 0.25) is 0 Å². The Balaban J connectivity index is 2.06. The normalized spacial score (nSPS) is 21.0. The lowest BCUT2D eigenvalue weighted by molar-refractivity contribution is -0.132.